The lowest BCUT2D eigenvalue weighted by Gasteiger charge is -2.18. The summed E-state index contributed by atoms with van der Waals surface area (Å²) in [5.74, 6) is 0.327. The highest BCUT2D eigenvalue weighted by Crippen LogP contribution is 2.18. The first kappa shape index (κ1) is 18.5. The van der Waals surface area contributed by atoms with E-state index in [-0.39, 0.29) is 11.3 Å². The number of hydrogen-bond acceptors (Lipinski definition) is 3. The first-order valence-corrected chi connectivity index (χ1v) is 8.30. The van der Waals surface area contributed by atoms with Crippen LogP contribution >= 0.6 is 0 Å². The number of pyridine rings is 1. The Morgan fingerprint density at radius 3 is 2.73 bits per heavy atom. The van der Waals surface area contributed by atoms with Crippen LogP contribution in [0.25, 0.3) is 0 Å². The fraction of sp³-hybridized carbons (Fsp3) is 0.667. The number of unbranched alkanes of at least 4 members (excludes halogenated alkanes) is 3. The van der Waals surface area contributed by atoms with Gasteiger partial charge in [-0.15, -0.1) is 0 Å². The largest absolute Gasteiger partial charge is 0.477 e. The molecule has 0 saturated heterocycles. The Labute approximate surface area is 134 Å². The number of carbonyl (C=O) groups excluding carboxylic acids is 1. The van der Waals surface area contributed by atoms with Gasteiger partial charge in [0, 0.05) is 12.7 Å². The van der Waals surface area contributed by atoms with Crippen LogP contribution in [0.4, 0.5) is 0 Å². The quantitative estimate of drug-likeness (QED) is 0.695. The molecule has 0 fully saturated rings. The van der Waals surface area contributed by atoms with E-state index in [2.05, 4.69) is 38.0 Å². The summed E-state index contributed by atoms with van der Waals surface area (Å²) in [5.41, 5.74) is 0.729. The topological polar surface area (TPSA) is 51.2 Å². The van der Waals surface area contributed by atoms with Crippen molar-refractivity contribution in [3.63, 3.8) is 0 Å². The predicted octanol–water partition coefficient (Wildman–Crippen LogP) is 4.21. The Morgan fingerprint density at radius 1 is 1.27 bits per heavy atom. The van der Waals surface area contributed by atoms with Gasteiger partial charge in [0.25, 0.3) is 5.91 Å². The van der Waals surface area contributed by atoms with Crippen molar-refractivity contribution in [3.05, 3.63) is 23.9 Å². The molecule has 124 valence electrons. The molecule has 0 aliphatic carbocycles. The van der Waals surface area contributed by atoms with E-state index in [4.69, 9.17) is 4.74 Å². The molecular weight excluding hydrogens is 276 g/mol. The van der Waals surface area contributed by atoms with Crippen LogP contribution in [-0.2, 0) is 0 Å². The molecule has 0 spiro atoms. The first-order valence-electron chi connectivity index (χ1n) is 8.30. The molecule has 0 radical (unpaired) electrons. The molecule has 22 heavy (non-hydrogen) atoms. The van der Waals surface area contributed by atoms with Crippen molar-refractivity contribution >= 4 is 5.91 Å². The summed E-state index contributed by atoms with van der Waals surface area (Å²) in [5, 5.41) is 2.95. The molecule has 1 aromatic rings. The number of amides is 1. The van der Waals surface area contributed by atoms with E-state index in [1.807, 2.05) is 0 Å². The van der Waals surface area contributed by atoms with Gasteiger partial charge in [0.2, 0.25) is 5.88 Å². The number of hydrogen-bond donors (Lipinski definition) is 1. The van der Waals surface area contributed by atoms with Gasteiger partial charge >= 0.3 is 0 Å². The van der Waals surface area contributed by atoms with Gasteiger partial charge in [-0.05, 0) is 30.4 Å². The van der Waals surface area contributed by atoms with E-state index in [0.29, 0.717) is 24.6 Å². The van der Waals surface area contributed by atoms with Crippen molar-refractivity contribution in [1.82, 2.24) is 10.3 Å². The second kappa shape index (κ2) is 9.44. The van der Waals surface area contributed by atoms with Gasteiger partial charge in [-0.1, -0.05) is 47.0 Å². The zero-order valence-corrected chi connectivity index (χ0v) is 14.4. The number of ether oxygens (including phenoxy) is 1. The van der Waals surface area contributed by atoms with Crippen molar-refractivity contribution in [2.24, 2.45) is 5.41 Å². The predicted molar refractivity (Wildman–Crippen MR) is 90.3 cm³/mol. The van der Waals surface area contributed by atoms with Crippen LogP contribution in [0.2, 0.25) is 0 Å². The molecule has 0 aliphatic heterocycles. The van der Waals surface area contributed by atoms with E-state index in [0.717, 1.165) is 19.3 Å². The average Bonchev–Trinajstić information content (AvgIpc) is 2.46. The van der Waals surface area contributed by atoms with Crippen LogP contribution in [-0.4, -0.2) is 24.0 Å². The lowest BCUT2D eigenvalue weighted by Crippen LogP contribution is -2.27. The highest BCUT2D eigenvalue weighted by molar-refractivity contribution is 5.96. The van der Waals surface area contributed by atoms with Crippen LogP contribution in [0.15, 0.2) is 18.3 Å². The molecule has 0 aromatic carbocycles. The Hall–Kier alpha value is -1.58. The van der Waals surface area contributed by atoms with Crippen LogP contribution in [0.1, 0.15) is 70.2 Å². The van der Waals surface area contributed by atoms with Crippen LogP contribution < -0.4 is 10.1 Å². The SMILES string of the molecule is CCCCCCOc1ncccc1C(=O)NCCC(C)(C)C. The zero-order valence-electron chi connectivity index (χ0n) is 14.4. The van der Waals surface area contributed by atoms with Crippen LogP contribution in [0, 0.1) is 5.41 Å². The molecule has 0 unspecified atom stereocenters. The maximum Gasteiger partial charge on any atom is 0.256 e. The third-order valence-electron chi connectivity index (χ3n) is 3.41. The molecule has 1 aromatic heterocycles. The number of rotatable bonds is 9. The standard InChI is InChI=1S/C18H30N2O2/c1-5-6-7-8-14-22-17-15(10-9-12-20-17)16(21)19-13-11-18(2,3)4/h9-10,12H,5-8,11,13-14H2,1-4H3,(H,19,21). The summed E-state index contributed by atoms with van der Waals surface area (Å²) >= 11 is 0. The van der Waals surface area contributed by atoms with Gasteiger partial charge in [0.05, 0.1) is 6.61 Å². The number of nitrogens with zero attached hydrogens (tertiary/aromatic N) is 1. The van der Waals surface area contributed by atoms with Gasteiger partial charge in [-0.3, -0.25) is 4.79 Å². The van der Waals surface area contributed by atoms with Gasteiger partial charge in [-0.25, -0.2) is 4.98 Å². The maximum absolute atomic E-state index is 12.3. The summed E-state index contributed by atoms with van der Waals surface area (Å²) in [6.07, 6.45) is 7.15. The summed E-state index contributed by atoms with van der Waals surface area (Å²) in [4.78, 5) is 16.4. The highest BCUT2D eigenvalue weighted by Gasteiger charge is 2.15. The normalized spacial score (nSPS) is 11.3. The third-order valence-corrected chi connectivity index (χ3v) is 3.41. The van der Waals surface area contributed by atoms with Crippen molar-refractivity contribution in [3.8, 4) is 5.88 Å². The van der Waals surface area contributed by atoms with Gasteiger partial charge in [0.1, 0.15) is 5.56 Å². The van der Waals surface area contributed by atoms with E-state index >= 15 is 0 Å². The highest BCUT2D eigenvalue weighted by atomic mass is 16.5. The monoisotopic (exact) mass is 306 g/mol. The molecule has 1 rings (SSSR count). The molecule has 0 aliphatic rings. The second-order valence-corrected chi connectivity index (χ2v) is 6.83. The Morgan fingerprint density at radius 2 is 2.05 bits per heavy atom. The van der Waals surface area contributed by atoms with Crippen molar-refractivity contribution < 1.29 is 9.53 Å². The zero-order chi connectivity index (χ0) is 16.4. The number of aromatic nitrogens is 1. The van der Waals surface area contributed by atoms with Gasteiger partial charge in [0.15, 0.2) is 0 Å². The Bertz CT molecular complexity index is 453. The minimum absolute atomic E-state index is 0.110. The lowest BCUT2D eigenvalue weighted by molar-refractivity contribution is 0.0944. The van der Waals surface area contributed by atoms with Crippen LogP contribution in [0.3, 0.4) is 0 Å². The Balaban J connectivity index is 2.49. The molecule has 0 saturated carbocycles. The molecule has 1 amide bonds. The van der Waals surface area contributed by atoms with Crippen molar-refractivity contribution in [1.29, 1.82) is 0 Å². The molecule has 4 nitrogen and oxygen atoms in total. The lowest BCUT2D eigenvalue weighted by atomic mass is 9.92. The van der Waals surface area contributed by atoms with E-state index in [1.165, 1.54) is 12.8 Å². The Kier molecular flexibility index (Phi) is 7.92. The van der Waals surface area contributed by atoms with E-state index < -0.39 is 0 Å². The van der Waals surface area contributed by atoms with E-state index in [9.17, 15) is 4.79 Å². The molecule has 4 heteroatoms. The summed E-state index contributed by atoms with van der Waals surface area (Å²) < 4.78 is 5.68. The fourth-order valence-electron chi connectivity index (χ4n) is 2.02. The molecule has 0 bridgehead atoms. The first-order chi connectivity index (χ1) is 10.4. The second-order valence-electron chi connectivity index (χ2n) is 6.83. The van der Waals surface area contributed by atoms with Gasteiger partial charge < -0.3 is 10.1 Å². The molecule has 1 heterocycles. The summed E-state index contributed by atoms with van der Waals surface area (Å²) in [6.45, 7) is 9.93. The van der Waals surface area contributed by atoms with E-state index in [1.54, 1.807) is 18.3 Å². The maximum atomic E-state index is 12.3. The number of nitrogens with one attached hydrogen (secondary N) is 1. The van der Waals surface area contributed by atoms with Crippen molar-refractivity contribution in [2.45, 2.75) is 59.8 Å². The fourth-order valence-corrected chi connectivity index (χ4v) is 2.02. The minimum atomic E-state index is -0.110. The average molecular weight is 306 g/mol. The van der Waals surface area contributed by atoms with Crippen molar-refractivity contribution in [2.75, 3.05) is 13.2 Å². The minimum Gasteiger partial charge on any atom is -0.477 e. The summed E-state index contributed by atoms with van der Waals surface area (Å²) in [7, 11) is 0. The third kappa shape index (κ3) is 7.43. The number of carbonyl (C=O) groups is 1. The molecule has 0 atom stereocenters. The summed E-state index contributed by atoms with van der Waals surface area (Å²) in [6, 6.07) is 3.53. The van der Waals surface area contributed by atoms with Crippen LogP contribution in [0.5, 0.6) is 5.88 Å². The molecular formula is C18H30N2O2. The van der Waals surface area contributed by atoms with Gasteiger partial charge in [-0.2, -0.15) is 0 Å². The molecule has 1 N–H and O–H groups in total. The smallest absolute Gasteiger partial charge is 0.256 e.